The average molecular weight is 274 g/mol. The molecular formula is C16H22N2O2. The molecule has 1 N–H and O–H groups in total. The van der Waals surface area contributed by atoms with Gasteiger partial charge in [-0.25, -0.2) is 4.98 Å². The van der Waals surface area contributed by atoms with Crippen molar-refractivity contribution in [2.24, 2.45) is 0 Å². The highest BCUT2D eigenvalue weighted by molar-refractivity contribution is 5.64. The van der Waals surface area contributed by atoms with Gasteiger partial charge in [-0.1, -0.05) is 17.7 Å². The maximum Gasteiger partial charge on any atom is 0.226 e. The summed E-state index contributed by atoms with van der Waals surface area (Å²) in [6.45, 7) is 8.48. The van der Waals surface area contributed by atoms with E-state index in [1.165, 1.54) is 16.7 Å². The Morgan fingerprint density at radius 2 is 1.90 bits per heavy atom. The van der Waals surface area contributed by atoms with Gasteiger partial charge in [0, 0.05) is 25.8 Å². The van der Waals surface area contributed by atoms with E-state index in [2.05, 4.69) is 43.2 Å². The van der Waals surface area contributed by atoms with Crippen LogP contribution in [0.3, 0.4) is 0 Å². The van der Waals surface area contributed by atoms with Crippen LogP contribution in [0.2, 0.25) is 0 Å². The number of aryl methyl sites for hydroxylation is 3. The lowest BCUT2D eigenvalue weighted by Gasteiger charge is -2.07. The molecule has 1 heterocycles. The number of nitrogens with zero attached hydrogens (tertiary/aromatic N) is 1. The maximum atomic E-state index is 5.63. The first-order valence-corrected chi connectivity index (χ1v) is 6.84. The summed E-state index contributed by atoms with van der Waals surface area (Å²) in [4.78, 5) is 4.56. The lowest BCUT2D eigenvalue weighted by atomic mass is 10.00. The number of methoxy groups -OCH3 is 1. The van der Waals surface area contributed by atoms with Gasteiger partial charge >= 0.3 is 0 Å². The molecule has 0 amide bonds. The Morgan fingerprint density at radius 3 is 2.55 bits per heavy atom. The third kappa shape index (κ3) is 3.46. The van der Waals surface area contributed by atoms with Gasteiger partial charge in [0.15, 0.2) is 0 Å². The molecule has 0 aliphatic carbocycles. The van der Waals surface area contributed by atoms with Crippen LogP contribution < -0.4 is 5.32 Å². The molecule has 20 heavy (non-hydrogen) atoms. The van der Waals surface area contributed by atoms with Crippen LogP contribution in [-0.4, -0.2) is 25.2 Å². The summed E-state index contributed by atoms with van der Waals surface area (Å²) in [6, 6.07) is 4.31. The zero-order valence-electron chi connectivity index (χ0n) is 12.6. The van der Waals surface area contributed by atoms with Gasteiger partial charge in [-0.05, 0) is 31.9 Å². The van der Waals surface area contributed by atoms with Gasteiger partial charge in [0.2, 0.25) is 5.89 Å². The summed E-state index contributed by atoms with van der Waals surface area (Å²) >= 11 is 0. The fourth-order valence-electron chi connectivity index (χ4n) is 2.41. The molecule has 0 aliphatic rings. The first kappa shape index (κ1) is 14.8. The van der Waals surface area contributed by atoms with E-state index >= 15 is 0 Å². The van der Waals surface area contributed by atoms with Gasteiger partial charge in [-0.3, -0.25) is 0 Å². The zero-order valence-corrected chi connectivity index (χ0v) is 12.6. The molecule has 2 aromatic rings. The lowest BCUT2D eigenvalue weighted by molar-refractivity contribution is 0.199. The molecule has 4 heteroatoms. The minimum Gasteiger partial charge on any atom is -0.444 e. The van der Waals surface area contributed by atoms with Crippen molar-refractivity contribution in [3.05, 3.63) is 40.8 Å². The third-order valence-corrected chi connectivity index (χ3v) is 3.23. The van der Waals surface area contributed by atoms with E-state index in [1.54, 1.807) is 13.4 Å². The third-order valence-electron chi connectivity index (χ3n) is 3.23. The average Bonchev–Trinajstić information content (AvgIpc) is 2.82. The Kier molecular flexibility index (Phi) is 4.93. The topological polar surface area (TPSA) is 47.3 Å². The van der Waals surface area contributed by atoms with Crippen LogP contribution in [0.4, 0.5) is 0 Å². The molecule has 0 radical (unpaired) electrons. The Labute approximate surface area is 120 Å². The SMILES string of the molecule is COCCNCc1coc(-c2c(C)cc(C)cc2C)n1. The molecule has 2 rings (SSSR count). The van der Waals surface area contributed by atoms with Crippen molar-refractivity contribution in [2.75, 3.05) is 20.3 Å². The van der Waals surface area contributed by atoms with E-state index in [0.29, 0.717) is 19.0 Å². The lowest BCUT2D eigenvalue weighted by Crippen LogP contribution is -2.18. The Bertz CT molecular complexity index is 553. The van der Waals surface area contributed by atoms with Crippen LogP contribution in [0.1, 0.15) is 22.4 Å². The van der Waals surface area contributed by atoms with Gasteiger partial charge in [0.25, 0.3) is 0 Å². The molecule has 0 atom stereocenters. The Morgan fingerprint density at radius 1 is 1.20 bits per heavy atom. The second kappa shape index (κ2) is 6.68. The fraction of sp³-hybridized carbons (Fsp3) is 0.438. The number of benzene rings is 1. The highest BCUT2D eigenvalue weighted by Gasteiger charge is 2.12. The number of aromatic nitrogens is 1. The first-order valence-electron chi connectivity index (χ1n) is 6.84. The van der Waals surface area contributed by atoms with E-state index in [1.807, 2.05) is 0 Å². The summed E-state index contributed by atoms with van der Waals surface area (Å²) in [5, 5.41) is 3.26. The number of hydrogen-bond acceptors (Lipinski definition) is 4. The van der Waals surface area contributed by atoms with Gasteiger partial charge in [-0.15, -0.1) is 0 Å². The number of nitrogens with one attached hydrogen (secondary N) is 1. The van der Waals surface area contributed by atoms with Crippen molar-refractivity contribution in [3.8, 4) is 11.5 Å². The summed E-state index contributed by atoms with van der Waals surface area (Å²) < 4.78 is 10.6. The molecule has 0 spiro atoms. The molecule has 1 aromatic carbocycles. The highest BCUT2D eigenvalue weighted by Crippen LogP contribution is 2.27. The predicted molar refractivity (Wildman–Crippen MR) is 79.7 cm³/mol. The van der Waals surface area contributed by atoms with E-state index in [-0.39, 0.29) is 0 Å². The largest absolute Gasteiger partial charge is 0.444 e. The van der Waals surface area contributed by atoms with Crippen LogP contribution in [0, 0.1) is 20.8 Å². The molecule has 0 aliphatic heterocycles. The van der Waals surface area contributed by atoms with Gasteiger partial charge in [-0.2, -0.15) is 0 Å². The Balaban J connectivity index is 2.13. The fourth-order valence-corrected chi connectivity index (χ4v) is 2.41. The van der Waals surface area contributed by atoms with E-state index in [0.717, 1.165) is 17.8 Å². The predicted octanol–water partition coefficient (Wildman–Crippen LogP) is 3.00. The molecule has 0 unspecified atom stereocenters. The summed E-state index contributed by atoms with van der Waals surface area (Å²) in [5.41, 5.74) is 5.66. The smallest absolute Gasteiger partial charge is 0.226 e. The van der Waals surface area contributed by atoms with Crippen molar-refractivity contribution in [2.45, 2.75) is 27.3 Å². The van der Waals surface area contributed by atoms with Gasteiger partial charge in [0.1, 0.15) is 6.26 Å². The van der Waals surface area contributed by atoms with E-state index in [4.69, 9.17) is 9.15 Å². The van der Waals surface area contributed by atoms with Crippen molar-refractivity contribution >= 4 is 0 Å². The maximum absolute atomic E-state index is 5.63. The van der Waals surface area contributed by atoms with Crippen LogP contribution in [-0.2, 0) is 11.3 Å². The van der Waals surface area contributed by atoms with Crippen LogP contribution in [0.25, 0.3) is 11.5 Å². The van der Waals surface area contributed by atoms with Gasteiger partial charge in [0.05, 0.1) is 12.3 Å². The minimum absolute atomic E-state index is 0.691. The highest BCUT2D eigenvalue weighted by atomic mass is 16.5. The monoisotopic (exact) mass is 274 g/mol. The van der Waals surface area contributed by atoms with Crippen molar-refractivity contribution in [1.82, 2.24) is 10.3 Å². The normalized spacial score (nSPS) is 11.0. The van der Waals surface area contributed by atoms with E-state index < -0.39 is 0 Å². The minimum atomic E-state index is 0.691. The zero-order chi connectivity index (χ0) is 14.5. The van der Waals surface area contributed by atoms with Crippen molar-refractivity contribution in [1.29, 1.82) is 0 Å². The van der Waals surface area contributed by atoms with Crippen LogP contribution >= 0.6 is 0 Å². The number of rotatable bonds is 6. The standard InChI is InChI=1S/C16H22N2O2/c1-11-7-12(2)15(13(3)8-11)16-18-14(10-20-16)9-17-5-6-19-4/h7-8,10,17H,5-6,9H2,1-4H3. The molecule has 108 valence electrons. The van der Waals surface area contributed by atoms with E-state index in [9.17, 15) is 0 Å². The van der Waals surface area contributed by atoms with Crippen LogP contribution in [0.5, 0.6) is 0 Å². The summed E-state index contributed by atoms with van der Waals surface area (Å²) in [6.07, 6.45) is 1.72. The van der Waals surface area contributed by atoms with Crippen LogP contribution in [0.15, 0.2) is 22.8 Å². The number of oxazole rings is 1. The number of ether oxygens (including phenoxy) is 1. The number of hydrogen-bond donors (Lipinski definition) is 1. The molecular weight excluding hydrogens is 252 g/mol. The molecule has 0 fully saturated rings. The molecule has 0 saturated carbocycles. The Hall–Kier alpha value is -1.65. The molecule has 4 nitrogen and oxygen atoms in total. The first-order chi connectivity index (χ1) is 9.61. The van der Waals surface area contributed by atoms with Gasteiger partial charge < -0.3 is 14.5 Å². The second-order valence-corrected chi connectivity index (χ2v) is 5.09. The summed E-state index contributed by atoms with van der Waals surface area (Å²) in [5.74, 6) is 0.698. The quantitative estimate of drug-likeness (QED) is 0.823. The summed E-state index contributed by atoms with van der Waals surface area (Å²) in [7, 11) is 1.69. The molecule has 0 bridgehead atoms. The molecule has 0 saturated heterocycles. The molecule has 1 aromatic heterocycles. The van der Waals surface area contributed by atoms with Crippen molar-refractivity contribution in [3.63, 3.8) is 0 Å². The second-order valence-electron chi connectivity index (χ2n) is 5.09. The van der Waals surface area contributed by atoms with Crippen molar-refractivity contribution < 1.29 is 9.15 Å².